The molecule has 0 saturated heterocycles. The van der Waals surface area contributed by atoms with E-state index in [1.54, 1.807) is 13.8 Å². The Hall–Kier alpha value is -2.03. The first kappa shape index (κ1) is 16.0. The zero-order chi connectivity index (χ0) is 15.3. The van der Waals surface area contributed by atoms with Gasteiger partial charge < -0.3 is 4.74 Å². The van der Waals surface area contributed by atoms with Crippen LogP contribution in [0.3, 0.4) is 0 Å². The van der Waals surface area contributed by atoms with Crippen LogP contribution in [0.15, 0.2) is 12.1 Å². The summed E-state index contributed by atoms with van der Waals surface area (Å²) in [6.07, 6.45) is -4.70. The fourth-order valence-corrected chi connectivity index (χ4v) is 1.86. The SMILES string of the molecule is CCOC(=O)Cc1cc(C(F)(F)F)c(CC)cc1C#N. The van der Waals surface area contributed by atoms with Gasteiger partial charge in [0.2, 0.25) is 0 Å². The number of carbonyl (C=O) groups excluding carboxylic acids is 1. The Morgan fingerprint density at radius 2 is 1.95 bits per heavy atom. The predicted octanol–water partition coefficient (Wildman–Crippen LogP) is 3.25. The molecule has 3 nitrogen and oxygen atoms in total. The molecule has 1 aromatic carbocycles. The highest BCUT2D eigenvalue weighted by Gasteiger charge is 2.34. The highest BCUT2D eigenvalue weighted by Crippen LogP contribution is 2.34. The molecule has 0 aliphatic rings. The molecule has 0 aromatic heterocycles. The largest absolute Gasteiger partial charge is 0.466 e. The van der Waals surface area contributed by atoms with Crippen molar-refractivity contribution in [1.82, 2.24) is 0 Å². The number of benzene rings is 1. The third-order valence-corrected chi connectivity index (χ3v) is 2.78. The van der Waals surface area contributed by atoms with E-state index in [2.05, 4.69) is 0 Å². The Labute approximate surface area is 115 Å². The van der Waals surface area contributed by atoms with Gasteiger partial charge in [-0.05, 0) is 36.6 Å². The molecular weight excluding hydrogens is 271 g/mol. The van der Waals surface area contributed by atoms with Gasteiger partial charge in [0.1, 0.15) is 0 Å². The van der Waals surface area contributed by atoms with Gasteiger partial charge in [-0.3, -0.25) is 4.79 Å². The third-order valence-electron chi connectivity index (χ3n) is 2.78. The Morgan fingerprint density at radius 3 is 2.40 bits per heavy atom. The fourth-order valence-electron chi connectivity index (χ4n) is 1.86. The van der Waals surface area contributed by atoms with E-state index in [1.807, 2.05) is 6.07 Å². The molecule has 0 radical (unpaired) electrons. The number of alkyl halides is 3. The second-order valence-corrected chi connectivity index (χ2v) is 4.11. The maximum absolute atomic E-state index is 12.9. The summed E-state index contributed by atoms with van der Waals surface area (Å²) in [4.78, 5) is 11.4. The number of carbonyl (C=O) groups is 1. The van der Waals surface area contributed by atoms with Gasteiger partial charge in [0.05, 0.1) is 30.2 Å². The van der Waals surface area contributed by atoms with Gasteiger partial charge in [-0.15, -0.1) is 0 Å². The Morgan fingerprint density at radius 1 is 1.30 bits per heavy atom. The lowest BCUT2D eigenvalue weighted by Gasteiger charge is -2.14. The molecule has 0 spiro atoms. The van der Waals surface area contributed by atoms with Crippen LogP contribution in [-0.2, 0) is 28.5 Å². The topological polar surface area (TPSA) is 50.1 Å². The second-order valence-electron chi connectivity index (χ2n) is 4.11. The number of ether oxygens (including phenoxy) is 1. The van der Waals surface area contributed by atoms with E-state index in [0.29, 0.717) is 0 Å². The molecular formula is C14H14F3NO2. The molecule has 1 aromatic rings. The quantitative estimate of drug-likeness (QED) is 0.798. The standard InChI is InChI=1S/C14H14F3NO2/c1-3-9-5-11(8-18)10(7-13(19)20-4-2)6-12(9)14(15,16)17/h5-6H,3-4,7H2,1-2H3. The summed E-state index contributed by atoms with van der Waals surface area (Å²) in [6.45, 7) is 3.32. The zero-order valence-corrected chi connectivity index (χ0v) is 11.2. The highest BCUT2D eigenvalue weighted by molar-refractivity contribution is 5.74. The minimum Gasteiger partial charge on any atom is -0.466 e. The molecule has 0 heterocycles. The molecule has 0 amide bonds. The average Bonchev–Trinajstić information content (AvgIpc) is 2.37. The van der Waals surface area contributed by atoms with E-state index in [0.717, 1.165) is 6.07 Å². The van der Waals surface area contributed by atoms with Crippen molar-refractivity contribution in [3.63, 3.8) is 0 Å². The van der Waals surface area contributed by atoms with Crippen LogP contribution in [0.4, 0.5) is 13.2 Å². The summed E-state index contributed by atoms with van der Waals surface area (Å²) in [5.41, 5.74) is -0.654. The van der Waals surface area contributed by atoms with Crippen molar-refractivity contribution in [3.05, 3.63) is 34.4 Å². The van der Waals surface area contributed by atoms with E-state index in [-0.39, 0.29) is 36.1 Å². The number of aryl methyl sites for hydroxylation is 1. The second kappa shape index (κ2) is 6.42. The van der Waals surface area contributed by atoms with E-state index in [9.17, 15) is 18.0 Å². The van der Waals surface area contributed by atoms with Crippen LogP contribution in [0.2, 0.25) is 0 Å². The summed E-state index contributed by atoms with van der Waals surface area (Å²) in [7, 11) is 0. The molecule has 20 heavy (non-hydrogen) atoms. The molecule has 1 rings (SSSR count). The smallest absolute Gasteiger partial charge is 0.416 e. The number of hydrogen-bond donors (Lipinski definition) is 0. The summed E-state index contributed by atoms with van der Waals surface area (Å²) < 4.78 is 43.5. The molecule has 0 aliphatic heterocycles. The monoisotopic (exact) mass is 285 g/mol. The van der Waals surface area contributed by atoms with Crippen LogP contribution in [0.1, 0.15) is 36.1 Å². The molecule has 0 fully saturated rings. The van der Waals surface area contributed by atoms with Crippen LogP contribution in [0.25, 0.3) is 0 Å². The van der Waals surface area contributed by atoms with Crippen LogP contribution < -0.4 is 0 Å². The van der Waals surface area contributed by atoms with Gasteiger partial charge in [0, 0.05) is 0 Å². The van der Waals surface area contributed by atoms with Crippen LogP contribution in [0, 0.1) is 11.3 Å². The van der Waals surface area contributed by atoms with Gasteiger partial charge in [-0.1, -0.05) is 6.92 Å². The van der Waals surface area contributed by atoms with Crippen molar-refractivity contribution < 1.29 is 22.7 Å². The predicted molar refractivity (Wildman–Crippen MR) is 65.9 cm³/mol. The maximum atomic E-state index is 12.9. The molecule has 0 bridgehead atoms. The molecule has 0 atom stereocenters. The lowest BCUT2D eigenvalue weighted by Crippen LogP contribution is -2.14. The number of hydrogen-bond acceptors (Lipinski definition) is 3. The highest BCUT2D eigenvalue weighted by atomic mass is 19.4. The van der Waals surface area contributed by atoms with Crippen molar-refractivity contribution in [2.75, 3.05) is 6.61 Å². The average molecular weight is 285 g/mol. The molecule has 0 saturated carbocycles. The third kappa shape index (κ3) is 3.73. The fraction of sp³-hybridized carbons (Fsp3) is 0.429. The first-order chi connectivity index (χ1) is 9.33. The van der Waals surface area contributed by atoms with Crippen LogP contribution in [0.5, 0.6) is 0 Å². The van der Waals surface area contributed by atoms with E-state index < -0.39 is 17.7 Å². The number of halogens is 3. The molecule has 0 aliphatic carbocycles. The minimum atomic E-state index is -4.51. The Balaban J connectivity index is 3.30. The first-order valence-electron chi connectivity index (χ1n) is 6.12. The van der Waals surface area contributed by atoms with Crippen molar-refractivity contribution >= 4 is 5.97 Å². The molecule has 6 heteroatoms. The summed E-state index contributed by atoms with van der Waals surface area (Å²) in [5.74, 6) is -0.652. The van der Waals surface area contributed by atoms with Gasteiger partial charge >= 0.3 is 12.1 Å². The summed E-state index contributed by atoms with van der Waals surface area (Å²) in [5, 5.41) is 8.99. The van der Waals surface area contributed by atoms with Crippen molar-refractivity contribution in [2.24, 2.45) is 0 Å². The lowest BCUT2D eigenvalue weighted by molar-refractivity contribution is -0.142. The molecule has 0 N–H and O–H groups in total. The van der Waals surface area contributed by atoms with Crippen LogP contribution in [-0.4, -0.2) is 12.6 Å². The lowest BCUT2D eigenvalue weighted by atomic mass is 9.95. The van der Waals surface area contributed by atoms with E-state index in [4.69, 9.17) is 10.00 Å². The first-order valence-corrected chi connectivity index (χ1v) is 6.12. The number of rotatable bonds is 4. The van der Waals surface area contributed by atoms with Gasteiger partial charge in [0.25, 0.3) is 0 Å². The maximum Gasteiger partial charge on any atom is 0.416 e. The van der Waals surface area contributed by atoms with Crippen molar-refractivity contribution in [3.8, 4) is 6.07 Å². The zero-order valence-electron chi connectivity index (χ0n) is 11.2. The Bertz CT molecular complexity index is 545. The Kier molecular flexibility index (Phi) is 5.14. The van der Waals surface area contributed by atoms with Crippen molar-refractivity contribution in [1.29, 1.82) is 5.26 Å². The number of nitriles is 1. The molecule has 108 valence electrons. The van der Waals surface area contributed by atoms with E-state index in [1.165, 1.54) is 6.07 Å². The number of nitrogens with zero attached hydrogens (tertiary/aromatic N) is 1. The molecule has 0 unspecified atom stereocenters. The van der Waals surface area contributed by atoms with Crippen molar-refractivity contribution in [2.45, 2.75) is 32.9 Å². The van der Waals surface area contributed by atoms with Gasteiger partial charge in [-0.2, -0.15) is 18.4 Å². The van der Waals surface area contributed by atoms with Crippen LogP contribution >= 0.6 is 0 Å². The summed E-state index contributed by atoms with van der Waals surface area (Å²) in [6, 6.07) is 3.88. The normalized spacial score (nSPS) is 11.0. The minimum absolute atomic E-state index is 0.0375. The number of esters is 1. The summed E-state index contributed by atoms with van der Waals surface area (Å²) >= 11 is 0. The van der Waals surface area contributed by atoms with Gasteiger partial charge in [0.15, 0.2) is 0 Å². The van der Waals surface area contributed by atoms with Gasteiger partial charge in [-0.25, -0.2) is 0 Å². The van der Waals surface area contributed by atoms with E-state index >= 15 is 0 Å².